The zero-order valence-electron chi connectivity index (χ0n) is 11.1. The van der Waals surface area contributed by atoms with Crippen molar-refractivity contribution in [3.63, 3.8) is 0 Å². The second-order valence-corrected chi connectivity index (χ2v) is 6.38. The summed E-state index contributed by atoms with van der Waals surface area (Å²) in [5.74, 6) is 0. The molecule has 0 saturated carbocycles. The van der Waals surface area contributed by atoms with Crippen molar-refractivity contribution in [3.05, 3.63) is 35.0 Å². The highest BCUT2D eigenvalue weighted by Crippen LogP contribution is 2.33. The van der Waals surface area contributed by atoms with E-state index >= 15 is 0 Å². The average molecular weight is 261 g/mol. The Balaban J connectivity index is 2.46. The van der Waals surface area contributed by atoms with Gasteiger partial charge in [-0.15, -0.1) is 11.3 Å². The minimum absolute atomic E-state index is 0.0496. The van der Waals surface area contributed by atoms with Crippen LogP contribution in [-0.2, 0) is 11.8 Å². The standard InChI is InChI=1S/C14H19N3S/c1-14(2,3)12-11(7-8-15)18-13(17-12)10-6-4-5-9-16-10/h4-6,9H,7-8,15H2,1-3H3. The van der Waals surface area contributed by atoms with Crippen LogP contribution in [0.3, 0.4) is 0 Å². The van der Waals surface area contributed by atoms with Crippen molar-refractivity contribution in [1.82, 2.24) is 9.97 Å². The summed E-state index contributed by atoms with van der Waals surface area (Å²) >= 11 is 1.71. The van der Waals surface area contributed by atoms with Crippen molar-refractivity contribution in [1.29, 1.82) is 0 Å². The van der Waals surface area contributed by atoms with E-state index in [1.54, 1.807) is 17.5 Å². The van der Waals surface area contributed by atoms with Crippen LogP contribution in [0, 0.1) is 0 Å². The first-order valence-electron chi connectivity index (χ1n) is 6.14. The molecule has 2 aromatic heterocycles. The lowest BCUT2D eigenvalue weighted by Crippen LogP contribution is -2.15. The van der Waals surface area contributed by atoms with E-state index in [0.717, 1.165) is 22.8 Å². The highest BCUT2D eigenvalue weighted by atomic mass is 32.1. The van der Waals surface area contributed by atoms with E-state index in [4.69, 9.17) is 10.7 Å². The fraction of sp³-hybridized carbons (Fsp3) is 0.429. The number of nitrogens with two attached hydrogens (primary N) is 1. The maximum absolute atomic E-state index is 5.68. The Hall–Kier alpha value is -1.26. The minimum atomic E-state index is 0.0496. The molecule has 0 spiro atoms. The highest BCUT2D eigenvalue weighted by Gasteiger charge is 2.23. The summed E-state index contributed by atoms with van der Waals surface area (Å²) in [7, 11) is 0. The second kappa shape index (κ2) is 5.16. The first-order chi connectivity index (χ1) is 8.52. The molecule has 0 aliphatic heterocycles. The SMILES string of the molecule is CC(C)(C)c1nc(-c2ccccn2)sc1CCN. The monoisotopic (exact) mass is 261 g/mol. The van der Waals surface area contributed by atoms with E-state index in [2.05, 4.69) is 25.8 Å². The molecule has 2 rings (SSSR count). The molecule has 0 bridgehead atoms. The first-order valence-corrected chi connectivity index (χ1v) is 6.95. The summed E-state index contributed by atoms with van der Waals surface area (Å²) in [6.07, 6.45) is 2.69. The lowest BCUT2D eigenvalue weighted by Gasteiger charge is -2.17. The summed E-state index contributed by atoms with van der Waals surface area (Å²) in [5, 5.41) is 0.990. The van der Waals surface area contributed by atoms with Gasteiger partial charge in [-0.3, -0.25) is 4.98 Å². The van der Waals surface area contributed by atoms with Crippen LogP contribution in [0.1, 0.15) is 31.3 Å². The molecule has 2 heterocycles. The number of nitrogens with zero attached hydrogens (tertiary/aromatic N) is 2. The predicted octanol–water partition coefficient (Wildman–Crippen LogP) is 3.00. The van der Waals surface area contributed by atoms with Crippen LogP contribution in [0.4, 0.5) is 0 Å². The van der Waals surface area contributed by atoms with Crippen LogP contribution in [0.2, 0.25) is 0 Å². The Morgan fingerprint density at radius 3 is 2.61 bits per heavy atom. The number of rotatable bonds is 3. The average Bonchev–Trinajstić information content (AvgIpc) is 2.75. The predicted molar refractivity (Wildman–Crippen MR) is 76.8 cm³/mol. The summed E-state index contributed by atoms with van der Waals surface area (Å²) in [5.41, 5.74) is 7.83. The number of thiazole rings is 1. The van der Waals surface area contributed by atoms with E-state index in [9.17, 15) is 0 Å². The molecule has 2 aromatic rings. The van der Waals surface area contributed by atoms with Crippen molar-refractivity contribution >= 4 is 11.3 Å². The topological polar surface area (TPSA) is 51.8 Å². The quantitative estimate of drug-likeness (QED) is 0.924. The normalized spacial score (nSPS) is 11.8. The molecule has 0 atom stereocenters. The van der Waals surface area contributed by atoms with Crippen molar-refractivity contribution < 1.29 is 0 Å². The molecular weight excluding hydrogens is 242 g/mol. The van der Waals surface area contributed by atoms with Crippen LogP contribution in [0.5, 0.6) is 0 Å². The van der Waals surface area contributed by atoms with Crippen LogP contribution in [0.25, 0.3) is 10.7 Å². The fourth-order valence-corrected chi connectivity index (χ4v) is 3.10. The Morgan fingerprint density at radius 1 is 1.28 bits per heavy atom. The minimum Gasteiger partial charge on any atom is -0.330 e. The Bertz CT molecular complexity index is 512. The van der Waals surface area contributed by atoms with E-state index < -0.39 is 0 Å². The summed E-state index contributed by atoms with van der Waals surface area (Å²) in [4.78, 5) is 10.4. The van der Waals surface area contributed by atoms with Crippen LogP contribution in [-0.4, -0.2) is 16.5 Å². The fourth-order valence-electron chi connectivity index (χ4n) is 1.84. The van der Waals surface area contributed by atoms with Crippen molar-refractivity contribution in [2.75, 3.05) is 6.54 Å². The van der Waals surface area contributed by atoms with Gasteiger partial charge in [0.1, 0.15) is 5.01 Å². The van der Waals surface area contributed by atoms with Crippen LogP contribution >= 0.6 is 11.3 Å². The molecule has 0 unspecified atom stereocenters. The third-order valence-electron chi connectivity index (χ3n) is 2.66. The summed E-state index contributed by atoms with van der Waals surface area (Å²) in [6, 6.07) is 5.91. The van der Waals surface area contributed by atoms with E-state index in [1.165, 1.54) is 4.88 Å². The second-order valence-electron chi connectivity index (χ2n) is 5.29. The van der Waals surface area contributed by atoms with Gasteiger partial charge in [-0.25, -0.2) is 4.98 Å². The Kier molecular flexibility index (Phi) is 3.78. The third-order valence-corrected chi connectivity index (χ3v) is 3.80. The van der Waals surface area contributed by atoms with Crippen LogP contribution < -0.4 is 5.73 Å². The van der Waals surface area contributed by atoms with Gasteiger partial charge in [-0.05, 0) is 25.1 Å². The van der Waals surface area contributed by atoms with Gasteiger partial charge >= 0.3 is 0 Å². The number of hydrogen-bond acceptors (Lipinski definition) is 4. The number of aromatic nitrogens is 2. The first kappa shape index (κ1) is 13.2. The molecular formula is C14H19N3S. The molecule has 0 saturated heterocycles. The lowest BCUT2D eigenvalue weighted by molar-refractivity contribution is 0.566. The van der Waals surface area contributed by atoms with Gasteiger partial charge in [0, 0.05) is 16.5 Å². The van der Waals surface area contributed by atoms with Gasteiger partial charge in [0.05, 0.1) is 11.4 Å². The molecule has 0 aromatic carbocycles. The Labute approximate surface area is 112 Å². The van der Waals surface area contributed by atoms with Crippen molar-refractivity contribution in [2.24, 2.45) is 5.73 Å². The maximum Gasteiger partial charge on any atom is 0.142 e. The molecule has 96 valence electrons. The largest absolute Gasteiger partial charge is 0.330 e. The van der Waals surface area contributed by atoms with E-state index in [-0.39, 0.29) is 5.41 Å². The van der Waals surface area contributed by atoms with Crippen molar-refractivity contribution in [3.8, 4) is 10.7 Å². The highest BCUT2D eigenvalue weighted by molar-refractivity contribution is 7.15. The van der Waals surface area contributed by atoms with Crippen molar-refractivity contribution in [2.45, 2.75) is 32.6 Å². The zero-order valence-corrected chi connectivity index (χ0v) is 11.9. The maximum atomic E-state index is 5.68. The number of pyridine rings is 1. The van der Waals surface area contributed by atoms with E-state index in [0.29, 0.717) is 6.54 Å². The summed E-state index contributed by atoms with van der Waals surface area (Å²) < 4.78 is 0. The molecule has 2 N–H and O–H groups in total. The van der Waals surface area contributed by atoms with Gasteiger partial charge in [0.15, 0.2) is 0 Å². The van der Waals surface area contributed by atoms with Crippen LogP contribution in [0.15, 0.2) is 24.4 Å². The Morgan fingerprint density at radius 2 is 2.06 bits per heavy atom. The molecule has 3 nitrogen and oxygen atoms in total. The lowest BCUT2D eigenvalue weighted by atomic mass is 9.91. The molecule has 18 heavy (non-hydrogen) atoms. The smallest absolute Gasteiger partial charge is 0.142 e. The summed E-state index contributed by atoms with van der Waals surface area (Å²) in [6.45, 7) is 7.21. The van der Waals surface area contributed by atoms with Gasteiger partial charge in [0.25, 0.3) is 0 Å². The van der Waals surface area contributed by atoms with E-state index in [1.807, 2.05) is 18.2 Å². The molecule has 0 radical (unpaired) electrons. The molecule has 0 fully saturated rings. The van der Waals surface area contributed by atoms with Gasteiger partial charge in [-0.1, -0.05) is 26.8 Å². The van der Waals surface area contributed by atoms with Gasteiger partial charge in [0.2, 0.25) is 0 Å². The number of hydrogen-bond donors (Lipinski definition) is 1. The molecule has 0 aliphatic carbocycles. The zero-order chi connectivity index (χ0) is 13.2. The van der Waals surface area contributed by atoms with Gasteiger partial charge < -0.3 is 5.73 Å². The third kappa shape index (κ3) is 2.76. The van der Waals surface area contributed by atoms with Gasteiger partial charge in [-0.2, -0.15) is 0 Å². The molecule has 0 amide bonds. The molecule has 0 aliphatic rings. The molecule has 4 heteroatoms.